The molecule has 0 aliphatic rings. The number of esters is 2. The number of carbonyl (C=O) groups excluding carboxylic acids is 2. The van der Waals surface area contributed by atoms with Crippen molar-refractivity contribution in [1.82, 2.24) is 5.32 Å². The van der Waals surface area contributed by atoms with Gasteiger partial charge in [-0.3, -0.25) is 14.9 Å². The number of ether oxygens (including phenoxy) is 2. The molecule has 3 aromatic carbocycles. The average Bonchev–Trinajstić information content (AvgIpc) is 2.90. The van der Waals surface area contributed by atoms with Crippen LogP contribution in [0.15, 0.2) is 104 Å². The molecule has 0 bridgehead atoms. The number of hydrogen-bond acceptors (Lipinski definition) is 5. The van der Waals surface area contributed by atoms with E-state index >= 15 is 0 Å². The molecule has 1 N–H and O–H groups in total. The molecule has 5 nitrogen and oxygen atoms in total. The molecule has 38 heavy (non-hydrogen) atoms. The van der Waals surface area contributed by atoms with Gasteiger partial charge in [-0.25, -0.2) is 0 Å². The third kappa shape index (κ3) is 6.99. The van der Waals surface area contributed by atoms with E-state index in [0.29, 0.717) is 0 Å². The third-order valence-corrected chi connectivity index (χ3v) is 6.30. The fraction of sp³-hybridized carbons (Fsp3) is 0.333. The molecule has 0 heterocycles. The molecule has 1 atom stereocenters. The molecule has 0 aliphatic heterocycles. The standard InChI is InChI=1S/C33H39NO4/c1-7-23-37-30(36)32(5,6)24-28(29(35)38-31(2,3)4)34-33(25-17-11-8-12-18-25,26-19-13-9-14-20-26)27-21-15-10-16-22-27/h7-22,28,34H,1,23-24H2,2-6H3/t28-/m0/s1. The highest BCUT2D eigenvalue weighted by molar-refractivity contribution is 5.80. The summed E-state index contributed by atoms with van der Waals surface area (Å²) in [6.07, 6.45) is 1.69. The molecule has 0 amide bonds. The van der Waals surface area contributed by atoms with E-state index in [0.717, 1.165) is 16.7 Å². The van der Waals surface area contributed by atoms with Gasteiger partial charge in [-0.2, -0.15) is 0 Å². The maximum Gasteiger partial charge on any atom is 0.323 e. The summed E-state index contributed by atoms with van der Waals surface area (Å²) in [6.45, 7) is 12.8. The van der Waals surface area contributed by atoms with Gasteiger partial charge >= 0.3 is 11.9 Å². The molecule has 0 spiro atoms. The van der Waals surface area contributed by atoms with Gasteiger partial charge in [0.05, 0.1) is 11.0 Å². The lowest BCUT2D eigenvalue weighted by atomic mass is 9.75. The van der Waals surface area contributed by atoms with Gasteiger partial charge < -0.3 is 9.47 Å². The quantitative estimate of drug-likeness (QED) is 0.182. The maximum absolute atomic E-state index is 13.8. The predicted molar refractivity (Wildman–Crippen MR) is 152 cm³/mol. The van der Waals surface area contributed by atoms with Gasteiger partial charge in [0.2, 0.25) is 0 Å². The number of benzene rings is 3. The van der Waals surface area contributed by atoms with Crippen molar-refractivity contribution in [3.05, 3.63) is 120 Å². The molecule has 0 unspecified atom stereocenters. The Bertz CT molecular complexity index is 1100. The average molecular weight is 514 g/mol. The Morgan fingerprint density at radius 1 is 0.789 bits per heavy atom. The first-order valence-electron chi connectivity index (χ1n) is 12.9. The molecular formula is C33H39NO4. The van der Waals surface area contributed by atoms with Crippen molar-refractivity contribution in [2.75, 3.05) is 6.61 Å². The topological polar surface area (TPSA) is 64.6 Å². The van der Waals surface area contributed by atoms with E-state index in [-0.39, 0.29) is 13.0 Å². The van der Waals surface area contributed by atoms with Crippen molar-refractivity contribution < 1.29 is 19.1 Å². The van der Waals surface area contributed by atoms with Crippen LogP contribution in [0.3, 0.4) is 0 Å². The monoisotopic (exact) mass is 513 g/mol. The number of hydrogen-bond donors (Lipinski definition) is 1. The Labute approximate surface area is 226 Å². The maximum atomic E-state index is 13.8. The fourth-order valence-corrected chi connectivity index (χ4v) is 4.57. The molecule has 3 rings (SSSR count). The minimum Gasteiger partial charge on any atom is -0.461 e. The molecule has 0 aliphatic carbocycles. The molecule has 0 fully saturated rings. The zero-order chi connectivity index (χ0) is 27.8. The first-order valence-corrected chi connectivity index (χ1v) is 12.9. The van der Waals surface area contributed by atoms with E-state index in [1.165, 1.54) is 6.08 Å². The van der Waals surface area contributed by atoms with Crippen molar-refractivity contribution in [1.29, 1.82) is 0 Å². The Morgan fingerprint density at radius 2 is 1.21 bits per heavy atom. The van der Waals surface area contributed by atoms with Crippen LogP contribution in [0.2, 0.25) is 0 Å². The van der Waals surface area contributed by atoms with E-state index in [1.807, 2.05) is 112 Å². The summed E-state index contributed by atoms with van der Waals surface area (Å²) in [7, 11) is 0. The second-order valence-corrected chi connectivity index (χ2v) is 11.1. The van der Waals surface area contributed by atoms with Crippen LogP contribution in [0.25, 0.3) is 0 Å². The molecule has 0 radical (unpaired) electrons. The minimum absolute atomic E-state index is 0.106. The highest BCUT2D eigenvalue weighted by Gasteiger charge is 2.44. The van der Waals surface area contributed by atoms with Crippen LogP contribution in [-0.2, 0) is 24.6 Å². The summed E-state index contributed by atoms with van der Waals surface area (Å²) < 4.78 is 11.3. The lowest BCUT2D eigenvalue weighted by molar-refractivity contribution is -0.161. The van der Waals surface area contributed by atoms with Gasteiger partial charge in [0, 0.05) is 0 Å². The smallest absolute Gasteiger partial charge is 0.323 e. The fourth-order valence-electron chi connectivity index (χ4n) is 4.57. The van der Waals surface area contributed by atoms with Crippen molar-refractivity contribution in [2.24, 2.45) is 5.41 Å². The van der Waals surface area contributed by atoms with Crippen LogP contribution >= 0.6 is 0 Å². The molecule has 3 aromatic rings. The minimum atomic E-state index is -0.979. The van der Waals surface area contributed by atoms with E-state index in [4.69, 9.17) is 9.47 Å². The second kappa shape index (κ2) is 12.2. The van der Waals surface area contributed by atoms with Crippen LogP contribution < -0.4 is 5.32 Å². The Kier molecular flexibility index (Phi) is 9.29. The Balaban J connectivity index is 2.21. The zero-order valence-electron chi connectivity index (χ0n) is 23.1. The molecule has 5 heteroatoms. The first kappa shape index (κ1) is 28.9. The molecular weight excluding hydrogens is 474 g/mol. The lowest BCUT2D eigenvalue weighted by Crippen LogP contribution is -2.55. The highest BCUT2D eigenvalue weighted by atomic mass is 16.6. The van der Waals surface area contributed by atoms with Gasteiger partial charge in [0.15, 0.2) is 0 Å². The van der Waals surface area contributed by atoms with Crippen molar-refractivity contribution in [3.63, 3.8) is 0 Å². The van der Waals surface area contributed by atoms with E-state index in [1.54, 1.807) is 13.8 Å². The number of rotatable bonds is 11. The lowest BCUT2D eigenvalue weighted by Gasteiger charge is -2.41. The van der Waals surface area contributed by atoms with Crippen LogP contribution in [0, 0.1) is 5.41 Å². The molecule has 0 aromatic heterocycles. The molecule has 0 saturated heterocycles. The van der Waals surface area contributed by atoms with Crippen LogP contribution in [0.5, 0.6) is 0 Å². The molecule has 0 saturated carbocycles. The third-order valence-electron chi connectivity index (χ3n) is 6.30. The summed E-state index contributed by atoms with van der Waals surface area (Å²) >= 11 is 0. The van der Waals surface area contributed by atoms with Crippen molar-refractivity contribution >= 4 is 11.9 Å². The molecule has 200 valence electrons. The van der Waals surface area contributed by atoms with Gasteiger partial charge in [0.25, 0.3) is 0 Å². The van der Waals surface area contributed by atoms with Crippen LogP contribution in [0.4, 0.5) is 0 Å². The Morgan fingerprint density at radius 3 is 1.58 bits per heavy atom. The normalized spacial score (nSPS) is 12.9. The SMILES string of the molecule is C=CCOC(=O)C(C)(C)C[C@H](NC(c1ccccc1)(c1ccccc1)c1ccccc1)C(=O)OC(C)(C)C. The van der Waals surface area contributed by atoms with Gasteiger partial charge in [-0.1, -0.05) is 104 Å². The number of carbonyl (C=O) groups is 2. The summed E-state index contributed by atoms with van der Waals surface area (Å²) in [5.41, 5.74) is 0.271. The van der Waals surface area contributed by atoms with Crippen molar-refractivity contribution in [2.45, 2.75) is 58.2 Å². The highest BCUT2D eigenvalue weighted by Crippen LogP contribution is 2.39. The predicted octanol–water partition coefficient (Wildman–Crippen LogP) is 6.42. The van der Waals surface area contributed by atoms with Gasteiger partial charge in [-0.15, -0.1) is 0 Å². The summed E-state index contributed by atoms with van der Waals surface area (Å²) in [5.74, 6) is -0.841. The zero-order valence-corrected chi connectivity index (χ0v) is 23.1. The van der Waals surface area contributed by atoms with Crippen LogP contribution in [-0.4, -0.2) is 30.2 Å². The van der Waals surface area contributed by atoms with Gasteiger partial charge in [-0.05, 0) is 57.7 Å². The van der Waals surface area contributed by atoms with Crippen molar-refractivity contribution in [3.8, 4) is 0 Å². The summed E-state index contributed by atoms with van der Waals surface area (Å²) in [4.78, 5) is 26.8. The van der Waals surface area contributed by atoms with Gasteiger partial charge in [0.1, 0.15) is 18.2 Å². The summed E-state index contributed by atoms with van der Waals surface area (Å²) in [6, 6.07) is 29.2. The number of nitrogens with one attached hydrogen (secondary N) is 1. The van der Waals surface area contributed by atoms with E-state index < -0.39 is 34.5 Å². The summed E-state index contributed by atoms with van der Waals surface area (Å²) in [5, 5.41) is 3.70. The van der Waals surface area contributed by atoms with E-state index in [9.17, 15) is 9.59 Å². The first-order chi connectivity index (χ1) is 18.0. The Hall–Kier alpha value is -3.70. The van der Waals surface area contributed by atoms with Crippen LogP contribution in [0.1, 0.15) is 57.7 Å². The van der Waals surface area contributed by atoms with E-state index in [2.05, 4.69) is 11.9 Å². The largest absolute Gasteiger partial charge is 0.461 e. The second-order valence-electron chi connectivity index (χ2n) is 11.1.